The van der Waals surface area contributed by atoms with Crippen molar-refractivity contribution in [2.75, 3.05) is 32.6 Å². The fourth-order valence-electron chi connectivity index (χ4n) is 2.65. The molecule has 0 aromatic heterocycles. The van der Waals surface area contributed by atoms with E-state index in [1.165, 1.54) is 36.2 Å². The van der Waals surface area contributed by atoms with Gasteiger partial charge in [-0.25, -0.2) is 0 Å². The first-order valence-corrected chi connectivity index (χ1v) is 8.44. The molecule has 0 bridgehead atoms. The van der Waals surface area contributed by atoms with Crippen molar-refractivity contribution in [1.82, 2.24) is 0 Å². The van der Waals surface area contributed by atoms with Crippen molar-refractivity contribution in [3.8, 4) is 0 Å². The zero-order valence-electron chi connectivity index (χ0n) is 11.5. The average Bonchev–Trinajstić information content (AvgIpc) is 2.07. The number of likely N-dealkylation sites (tertiary alicyclic amines) is 1. The van der Waals surface area contributed by atoms with Crippen molar-refractivity contribution in [2.24, 2.45) is 11.3 Å². The van der Waals surface area contributed by atoms with Gasteiger partial charge in [0.2, 0.25) is 0 Å². The van der Waals surface area contributed by atoms with Crippen molar-refractivity contribution in [3.05, 3.63) is 0 Å². The summed E-state index contributed by atoms with van der Waals surface area (Å²) in [6.45, 7) is 9.96. The van der Waals surface area contributed by atoms with Crippen LogP contribution in [0.1, 0.15) is 40.0 Å². The van der Waals surface area contributed by atoms with Crippen LogP contribution in [0, 0.1) is 11.3 Å². The molecule has 15 heavy (non-hydrogen) atoms. The Morgan fingerprint density at radius 2 is 1.60 bits per heavy atom. The standard InChI is InChI=1S/C13H30NS/c1-13(2,3)11-12-7-9-14(4,10-8-12)15(5)6/h12,15H,7-11H2,1-6H3/q+1. The summed E-state index contributed by atoms with van der Waals surface area (Å²) >= 11 is 0.185. The van der Waals surface area contributed by atoms with Gasteiger partial charge in [-0.1, -0.05) is 20.8 Å². The minimum Gasteiger partial charge on any atom is -0.289 e. The largest absolute Gasteiger partial charge is 0.289 e. The fraction of sp³-hybridized carbons (Fsp3) is 1.00. The molecule has 92 valence electrons. The molecule has 1 aliphatic rings. The second kappa shape index (κ2) is 4.67. The van der Waals surface area contributed by atoms with Gasteiger partial charge < -0.3 is 0 Å². The first-order chi connectivity index (χ1) is 6.73. The van der Waals surface area contributed by atoms with Gasteiger partial charge >= 0.3 is 0 Å². The third-order valence-corrected chi connectivity index (χ3v) is 6.24. The molecular formula is C13H30NS+. The van der Waals surface area contributed by atoms with Gasteiger partial charge in [0.05, 0.1) is 20.1 Å². The van der Waals surface area contributed by atoms with Crippen molar-refractivity contribution in [1.29, 1.82) is 0 Å². The van der Waals surface area contributed by atoms with Crippen molar-refractivity contribution < 1.29 is 3.89 Å². The second-order valence-electron chi connectivity index (χ2n) is 6.84. The summed E-state index contributed by atoms with van der Waals surface area (Å²) in [5.41, 5.74) is 0.522. The predicted molar refractivity (Wildman–Crippen MR) is 73.5 cm³/mol. The first kappa shape index (κ1) is 13.4. The molecule has 0 N–H and O–H groups in total. The summed E-state index contributed by atoms with van der Waals surface area (Å²) in [6, 6.07) is 0. The Morgan fingerprint density at radius 1 is 1.13 bits per heavy atom. The normalized spacial score (nSPS) is 34.0. The molecule has 0 saturated carbocycles. The van der Waals surface area contributed by atoms with Crippen LogP contribution in [0.3, 0.4) is 0 Å². The van der Waals surface area contributed by atoms with E-state index < -0.39 is 0 Å². The fourth-order valence-corrected chi connectivity index (χ4v) is 3.68. The molecule has 0 aromatic carbocycles. The molecular weight excluding hydrogens is 202 g/mol. The van der Waals surface area contributed by atoms with Crippen molar-refractivity contribution in [2.45, 2.75) is 40.0 Å². The summed E-state index contributed by atoms with van der Waals surface area (Å²) in [4.78, 5) is 0. The minimum atomic E-state index is 0.185. The highest BCUT2D eigenvalue weighted by Crippen LogP contribution is 2.39. The van der Waals surface area contributed by atoms with Crippen LogP contribution >= 0.6 is 11.1 Å². The highest BCUT2D eigenvalue weighted by Gasteiger charge is 2.32. The van der Waals surface area contributed by atoms with Crippen LogP contribution in [0.2, 0.25) is 0 Å². The Morgan fingerprint density at radius 3 is 1.93 bits per heavy atom. The van der Waals surface area contributed by atoms with E-state index in [9.17, 15) is 0 Å². The van der Waals surface area contributed by atoms with Gasteiger partial charge in [-0.2, -0.15) is 0 Å². The van der Waals surface area contributed by atoms with Crippen LogP contribution < -0.4 is 0 Å². The maximum Gasteiger partial charge on any atom is 0.0876 e. The molecule has 1 aliphatic heterocycles. The number of nitrogens with zero attached hydrogens (tertiary/aromatic N) is 1. The molecule has 1 heterocycles. The molecule has 0 unspecified atom stereocenters. The van der Waals surface area contributed by atoms with Crippen LogP contribution in [0.5, 0.6) is 0 Å². The Bertz CT molecular complexity index is 197. The quantitative estimate of drug-likeness (QED) is 0.547. The Labute approximate surface area is 99.3 Å². The smallest absolute Gasteiger partial charge is 0.0876 e. The minimum absolute atomic E-state index is 0.185. The monoisotopic (exact) mass is 232 g/mol. The molecule has 1 rings (SSSR count). The average molecular weight is 232 g/mol. The lowest BCUT2D eigenvalue weighted by Gasteiger charge is -2.45. The predicted octanol–water partition coefficient (Wildman–Crippen LogP) is 3.46. The van der Waals surface area contributed by atoms with E-state index in [-0.39, 0.29) is 11.1 Å². The molecule has 0 aromatic rings. The number of hydrogen-bond donors (Lipinski definition) is 1. The van der Waals surface area contributed by atoms with E-state index >= 15 is 0 Å². The van der Waals surface area contributed by atoms with Gasteiger partial charge in [-0.15, -0.1) is 11.1 Å². The van der Waals surface area contributed by atoms with E-state index in [2.05, 4.69) is 40.3 Å². The van der Waals surface area contributed by atoms with E-state index in [1.54, 1.807) is 0 Å². The lowest BCUT2D eigenvalue weighted by atomic mass is 9.80. The van der Waals surface area contributed by atoms with Crippen molar-refractivity contribution >= 4 is 11.1 Å². The topological polar surface area (TPSA) is 0 Å². The maximum absolute atomic E-state index is 2.46. The maximum atomic E-state index is 2.46. The van der Waals surface area contributed by atoms with Crippen LogP contribution in [0.4, 0.5) is 0 Å². The van der Waals surface area contributed by atoms with E-state index in [0.717, 1.165) is 5.92 Å². The molecule has 2 heteroatoms. The van der Waals surface area contributed by atoms with Gasteiger partial charge in [0.15, 0.2) is 0 Å². The Kier molecular flexibility index (Phi) is 4.16. The summed E-state index contributed by atoms with van der Waals surface area (Å²) in [6.07, 6.45) is 9.18. The van der Waals surface area contributed by atoms with E-state index in [4.69, 9.17) is 0 Å². The number of thiol groups is 1. The third kappa shape index (κ3) is 3.99. The van der Waals surface area contributed by atoms with Crippen LogP contribution in [-0.4, -0.2) is 36.5 Å². The molecule has 0 atom stereocenters. The number of rotatable bonds is 2. The highest BCUT2D eigenvalue weighted by atomic mass is 32.2. The van der Waals surface area contributed by atoms with Gasteiger partial charge in [0.25, 0.3) is 0 Å². The van der Waals surface area contributed by atoms with Crippen molar-refractivity contribution in [3.63, 3.8) is 0 Å². The van der Waals surface area contributed by atoms with Crippen LogP contribution in [-0.2, 0) is 0 Å². The van der Waals surface area contributed by atoms with Gasteiger partial charge in [0, 0.05) is 25.4 Å². The Hall–Kier alpha value is 0.310. The summed E-state index contributed by atoms with van der Waals surface area (Å²) in [7, 11) is 2.46. The third-order valence-electron chi connectivity index (χ3n) is 3.90. The summed E-state index contributed by atoms with van der Waals surface area (Å²) in [5.74, 6) is 0.992. The number of piperidine rings is 1. The molecule has 0 amide bonds. The summed E-state index contributed by atoms with van der Waals surface area (Å²) < 4.78 is 1.36. The molecule has 0 aliphatic carbocycles. The highest BCUT2D eigenvalue weighted by molar-refractivity contribution is 8.10. The SMILES string of the molecule is C[SH](C)[N+]1(C)CCC(CC(C)(C)C)CC1. The van der Waals surface area contributed by atoms with E-state index in [1.807, 2.05) is 0 Å². The number of quaternary nitrogens is 1. The molecule has 0 radical (unpaired) electrons. The van der Waals surface area contributed by atoms with Gasteiger partial charge in [-0.05, 0) is 17.8 Å². The zero-order chi connectivity index (χ0) is 11.7. The van der Waals surface area contributed by atoms with Crippen LogP contribution in [0.15, 0.2) is 0 Å². The molecule has 1 nitrogen and oxygen atoms in total. The van der Waals surface area contributed by atoms with E-state index in [0.29, 0.717) is 5.41 Å². The molecule has 1 saturated heterocycles. The second-order valence-corrected chi connectivity index (χ2v) is 9.50. The lowest BCUT2D eigenvalue weighted by molar-refractivity contribution is -0.784. The summed E-state index contributed by atoms with van der Waals surface area (Å²) in [5, 5.41) is 0. The zero-order valence-corrected chi connectivity index (χ0v) is 12.4. The van der Waals surface area contributed by atoms with Gasteiger partial charge in [0.1, 0.15) is 0 Å². The van der Waals surface area contributed by atoms with Gasteiger partial charge in [-0.3, -0.25) is 3.89 Å². The lowest BCUT2D eigenvalue weighted by Crippen LogP contribution is -2.46. The molecule has 0 spiro atoms. The number of hydrogen-bond acceptors (Lipinski definition) is 0. The molecule has 1 fully saturated rings. The van der Waals surface area contributed by atoms with Crippen LogP contribution in [0.25, 0.3) is 0 Å². The first-order valence-electron chi connectivity index (χ1n) is 6.25. The Balaban J connectivity index is 2.43.